The number of rotatable bonds is 5. The Morgan fingerprint density at radius 1 is 1.30 bits per heavy atom. The first-order valence-corrected chi connectivity index (χ1v) is 8.68. The lowest BCUT2D eigenvalue weighted by Crippen LogP contribution is -2.27. The second-order valence-corrected chi connectivity index (χ2v) is 6.42. The number of benzene rings is 1. The van der Waals surface area contributed by atoms with Crippen molar-refractivity contribution in [2.75, 3.05) is 13.2 Å². The van der Waals surface area contributed by atoms with Crippen LogP contribution in [0.15, 0.2) is 24.4 Å². The predicted octanol–water partition coefficient (Wildman–Crippen LogP) is 3.36. The Hall–Kier alpha value is -2.08. The third-order valence-electron chi connectivity index (χ3n) is 3.76. The number of carbonyl (C=O) groups is 1. The van der Waals surface area contributed by atoms with Gasteiger partial charge >= 0.3 is 0 Å². The third-order valence-corrected chi connectivity index (χ3v) is 4.90. The third kappa shape index (κ3) is 3.47. The lowest BCUT2D eigenvalue weighted by atomic mass is 10.0. The van der Waals surface area contributed by atoms with Crippen molar-refractivity contribution in [2.45, 2.75) is 32.7 Å². The van der Waals surface area contributed by atoms with Crippen LogP contribution in [0.5, 0.6) is 11.5 Å². The molecule has 0 bridgehead atoms. The Morgan fingerprint density at radius 2 is 2.09 bits per heavy atom. The minimum Gasteiger partial charge on any atom is -0.486 e. The van der Waals surface area contributed by atoms with Gasteiger partial charge in [-0.1, -0.05) is 19.9 Å². The van der Waals surface area contributed by atoms with Crippen LogP contribution in [0.3, 0.4) is 0 Å². The molecule has 0 aliphatic carbocycles. The first kappa shape index (κ1) is 15.8. The summed E-state index contributed by atoms with van der Waals surface area (Å²) in [5.74, 6) is 1.42. The smallest absolute Gasteiger partial charge is 0.263 e. The molecule has 1 aromatic carbocycles. The summed E-state index contributed by atoms with van der Waals surface area (Å²) in [5, 5.41) is 4.05. The number of aryl methyl sites for hydroxylation is 1. The minimum absolute atomic E-state index is 0.0643. The molecule has 1 unspecified atom stereocenters. The van der Waals surface area contributed by atoms with E-state index in [0.717, 1.165) is 34.9 Å². The van der Waals surface area contributed by atoms with E-state index < -0.39 is 0 Å². The average Bonchev–Trinajstić information content (AvgIpc) is 3.08. The monoisotopic (exact) mass is 332 g/mol. The van der Waals surface area contributed by atoms with Gasteiger partial charge in [0.15, 0.2) is 11.5 Å². The van der Waals surface area contributed by atoms with Crippen molar-refractivity contribution in [3.05, 3.63) is 39.8 Å². The van der Waals surface area contributed by atoms with E-state index >= 15 is 0 Å². The van der Waals surface area contributed by atoms with Crippen LogP contribution in [0, 0.1) is 0 Å². The fraction of sp³-hybridized carbons (Fsp3) is 0.412. The number of aromatic nitrogens is 1. The molecule has 2 heterocycles. The first-order valence-electron chi connectivity index (χ1n) is 7.86. The molecule has 1 atom stereocenters. The molecule has 2 aromatic rings. The first-order chi connectivity index (χ1) is 11.2. The van der Waals surface area contributed by atoms with Gasteiger partial charge in [0, 0.05) is 0 Å². The van der Waals surface area contributed by atoms with Gasteiger partial charge in [-0.2, -0.15) is 0 Å². The van der Waals surface area contributed by atoms with Crippen molar-refractivity contribution >= 4 is 17.2 Å². The highest BCUT2D eigenvalue weighted by Gasteiger charge is 2.19. The van der Waals surface area contributed by atoms with E-state index in [9.17, 15) is 4.79 Å². The van der Waals surface area contributed by atoms with Gasteiger partial charge in [0.25, 0.3) is 5.91 Å². The summed E-state index contributed by atoms with van der Waals surface area (Å²) in [5.41, 5.74) is 1.02. The summed E-state index contributed by atoms with van der Waals surface area (Å²) in [7, 11) is 0. The van der Waals surface area contributed by atoms with Gasteiger partial charge in [-0.25, -0.2) is 4.98 Å². The van der Waals surface area contributed by atoms with Crippen LogP contribution in [-0.2, 0) is 6.42 Å². The van der Waals surface area contributed by atoms with Crippen molar-refractivity contribution in [3.8, 4) is 11.5 Å². The lowest BCUT2D eigenvalue weighted by Gasteiger charge is -2.22. The maximum Gasteiger partial charge on any atom is 0.263 e. The molecule has 0 saturated carbocycles. The van der Waals surface area contributed by atoms with Crippen LogP contribution >= 0.6 is 11.3 Å². The van der Waals surface area contributed by atoms with Crippen LogP contribution in [0.1, 0.15) is 46.6 Å². The van der Waals surface area contributed by atoms with Crippen LogP contribution in [-0.4, -0.2) is 24.1 Å². The Balaban J connectivity index is 1.75. The van der Waals surface area contributed by atoms with Crippen molar-refractivity contribution in [3.63, 3.8) is 0 Å². The molecule has 3 rings (SSSR count). The predicted molar refractivity (Wildman–Crippen MR) is 89.4 cm³/mol. The van der Waals surface area contributed by atoms with E-state index in [1.54, 1.807) is 6.20 Å². The number of fused-ring (bicyclic) bond motifs is 1. The quantitative estimate of drug-likeness (QED) is 0.912. The van der Waals surface area contributed by atoms with E-state index in [1.165, 1.54) is 11.3 Å². The summed E-state index contributed by atoms with van der Waals surface area (Å²) in [6.07, 6.45) is 3.29. The SMILES string of the molecule is CCc1ncc(C(=O)NC(CC)c2ccc3c(c2)OCCO3)s1. The summed E-state index contributed by atoms with van der Waals surface area (Å²) in [4.78, 5) is 17.3. The van der Waals surface area contributed by atoms with Gasteiger partial charge in [0.1, 0.15) is 18.1 Å². The van der Waals surface area contributed by atoms with E-state index in [1.807, 2.05) is 32.0 Å². The van der Waals surface area contributed by atoms with Crippen LogP contribution in [0.25, 0.3) is 0 Å². The fourth-order valence-electron chi connectivity index (χ4n) is 2.51. The van der Waals surface area contributed by atoms with Gasteiger partial charge in [-0.3, -0.25) is 4.79 Å². The summed E-state index contributed by atoms with van der Waals surface area (Å²) >= 11 is 1.44. The van der Waals surface area contributed by atoms with Crippen molar-refractivity contribution in [1.82, 2.24) is 10.3 Å². The summed E-state index contributed by atoms with van der Waals surface area (Å²) in [6, 6.07) is 5.77. The molecular weight excluding hydrogens is 312 g/mol. The van der Waals surface area contributed by atoms with E-state index in [4.69, 9.17) is 9.47 Å². The van der Waals surface area contributed by atoms with Crippen molar-refractivity contribution < 1.29 is 14.3 Å². The Morgan fingerprint density at radius 3 is 2.78 bits per heavy atom. The Kier molecular flexibility index (Phi) is 4.81. The molecule has 0 saturated heterocycles. The van der Waals surface area contributed by atoms with E-state index in [2.05, 4.69) is 10.3 Å². The molecule has 0 fully saturated rings. The van der Waals surface area contributed by atoms with Crippen molar-refractivity contribution in [1.29, 1.82) is 0 Å². The molecular formula is C17H20N2O3S. The molecule has 122 valence electrons. The zero-order valence-electron chi connectivity index (χ0n) is 13.3. The molecule has 6 heteroatoms. The minimum atomic E-state index is -0.0797. The number of thiazole rings is 1. The van der Waals surface area contributed by atoms with Crippen LogP contribution in [0.4, 0.5) is 0 Å². The average molecular weight is 332 g/mol. The number of nitrogens with one attached hydrogen (secondary N) is 1. The number of nitrogens with zero attached hydrogens (tertiary/aromatic N) is 1. The molecule has 0 radical (unpaired) electrons. The van der Waals surface area contributed by atoms with Crippen LogP contribution < -0.4 is 14.8 Å². The number of hydrogen-bond acceptors (Lipinski definition) is 5. The fourth-order valence-corrected chi connectivity index (χ4v) is 3.27. The highest BCUT2D eigenvalue weighted by atomic mass is 32.1. The zero-order valence-corrected chi connectivity index (χ0v) is 14.1. The number of amides is 1. The number of carbonyl (C=O) groups excluding carboxylic acids is 1. The van der Waals surface area contributed by atoms with Crippen LogP contribution in [0.2, 0.25) is 0 Å². The summed E-state index contributed by atoms with van der Waals surface area (Å²) in [6.45, 7) is 5.21. The zero-order chi connectivity index (χ0) is 16.2. The Bertz CT molecular complexity index is 699. The molecule has 0 spiro atoms. The van der Waals surface area contributed by atoms with Gasteiger partial charge in [0.2, 0.25) is 0 Å². The second-order valence-electron chi connectivity index (χ2n) is 5.31. The molecule has 1 aliphatic heterocycles. The molecule has 1 aromatic heterocycles. The molecule has 1 aliphatic rings. The largest absolute Gasteiger partial charge is 0.486 e. The van der Waals surface area contributed by atoms with Gasteiger partial charge in [-0.05, 0) is 30.5 Å². The maximum absolute atomic E-state index is 12.4. The molecule has 1 N–H and O–H groups in total. The number of ether oxygens (including phenoxy) is 2. The van der Waals surface area contributed by atoms with Gasteiger partial charge in [0.05, 0.1) is 17.2 Å². The molecule has 5 nitrogen and oxygen atoms in total. The van der Waals surface area contributed by atoms with Crippen molar-refractivity contribution in [2.24, 2.45) is 0 Å². The maximum atomic E-state index is 12.4. The summed E-state index contributed by atoms with van der Waals surface area (Å²) < 4.78 is 11.2. The second kappa shape index (κ2) is 7.00. The highest BCUT2D eigenvalue weighted by Crippen LogP contribution is 2.33. The van der Waals surface area contributed by atoms with Gasteiger partial charge in [-0.15, -0.1) is 11.3 Å². The normalized spacial score (nSPS) is 14.3. The Labute approximate surface area is 139 Å². The molecule has 23 heavy (non-hydrogen) atoms. The topological polar surface area (TPSA) is 60.5 Å². The highest BCUT2D eigenvalue weighted by molar-refractivity contribution is 7.13. The van der Waals surface area contributed by atoms with E-state index in [0.29, 0.717) is 18.1 Å². The number of hydrogen-bond donors (Lipinski definition) is 1. The standard InChI is InChI=1S/C17H20N2O3S/c1-3-12(19-17(20)15-10-18-16(4-2)23-15)11-5-6-13-14(9-11)22-8-7-21-13/h5-6,9-10,12H,3-4,7-8H2,1-2H3,(H,19,20). The van der Waals surface area contributed by atoms with E-state index in [-0.39, 0.29) is 11.9 Å². The van der Waals surface area contributed by atoms with Gasteiger partial charge < -0.3 is 14.8 Å². The molecule has 1 amide bonds. The lowest BCUT2D eigenvalue weighted by molar-refractivity contribution is 0.0939.